The van der Waals surface area contributed by atoms with Crippen molar-refractivity contribution in [1.29, 1.82) is 0 Å². The molecule has 1 unspecified atom stereocenters. The third kappa shape index (κ3) is 2.76. The number of aromatic amines is 1. The lowest BCUT2D eigenvalue weighted by Gasteiger charge is -2.48. The van der Waals surface area contributed by atoms with Gasteiger partial charge in [0, 0.05) is 45.5 Å². The number of alkyl halides is 2. The van der Waals surface area contributed by atoms with Gasteiger partial charge in [-0.25, -0.2) is 18.7 Å². The van der Waals surface area contributed by atoms with Crippen LogP contribution in [-0.2, 0) is 4.79 Å². The number of H-pyrrole nitrogens is 1. The average Bonchev–Trinajstić information content (AvgIpc) is 3.23. The SMILES string of the molecule is CN=CCC(=O)N1CCC(F)(F)C12CCCN(c1ncnc3[nH]ccc13)C2. The highest BCUT2D eigenvalue weighted by molar-refractivity contribution is 5.91. The summed E-state index contributed by atoms with van der Waals surface area (Å²) in [7, 11) is 1.57. The van der Waals surface area contributed by atoms with Gasteiger partial charge in [-0.3, -0.25) is 4.79 Å². The first kappa shape index (κ1) is 17.8. The summed E-state index contributed by atoms with van der Waals surface area (Å²) in [5, 5.41) is 0.798. The number of hydrogen-bond acceptors (Lipinski definition) is 5. The Morgan fingerprint density at radius 1 is 1.37 bits per heavy atom. The minimum Gasteiger partial charge on any atom is -0.353 e. The van der Waals surface area contributed by atoms with Gasteiger partial charge in [-0.2, -0.15) is 0 Å². The van der Waals surface area contributed by atoms with Crippen LogP contribution >= 0.6 is 0 Å². The fourth-order valence-electron chi connectivity index (χ4n) is 4.39. The van der Waals surface area contributed by atoms with Crippen LogP contribution in [0.5, 0.6) is 0 Å². The van der Waals surface area contributed by atoms with Gasteiger partial charge in [0.15, 0.2) is 0 Å². The minimum absolute atomic E-state index is 0.0455. The number of nitrogens with one attached hydrogen (secondary N) is 1. The van der Waals surface area contributed by atoms with Gasteiger partial charge in [-0.05, 0) is 18.9 Å². The van der Waals surface area contributed by atoms with Crippen molar-refractivity contribution < 1.29 is 13.6 Å². The minimum atomic E-state index is -2.94. The summed E-state index contributed by atoms with van der Waals surface area (Å²) in [6.07, 6.45) is 5.25. The molecular weight excluding hydrogens is 354 g/mol. The molecule has 0 aliphatic carbocycles. The van der Waals surface area contributed by atoms with E-state index in [2.05, 4.69) is 19.9 Å². The number of rotatable bonds is 3. The van der Waals surface area contributed by atoms with Crippen LogP contribution in [0.1, 0.15) is 25.7 Å². The lowest BCUT2D eigenvalue weighted by Crippen LogP contribution is -2.64. The fourth-order valence-corrected chi connectivity index (χ4v) is 4.39. The molecule has 4 rings (SSSR count). The number of fused-ring (bicyclic) bond motifs is 1. The highest BCUT2D eigenvalue weighted by Crippen LogP contribution is 2.49. The van der Waals surface area contributed by atoms with Gasteiger partial charge in [0.25, 0.3) is 5.92 Å². The molecule has 144 valence electrons. The van der Waals surface area contributed by atoms with Crippen molar-refractivity contribution in [1.82, 2.24) is 19.9 Å². The van der Waals surface area contributed by atoms with Crippen LogP contribution in [0.2, 0.25) is 0 Å². The van der Waals surface area contributed by atoms with E-state index in [9.17, 15) is 4.79 Å². The second-order valence-electron chi connectivity index (χ2n) is 7.14. The molecule has 27 heavy (non-hydrogen) atoms. The quantitative estimate of drug-likeness (QED) is 0.834. The molecule has 1 amide bonds. The number of likely N-dealkylation sites (tertiary alicyclic amines) is 1. The molecule has 0 bridgehead atoms. The first-order valence-corrected chi connectivity index (χ1v) is 9.10. The molecular formula is C18H22F2N6O. The molecule has 1 N–H and O–H groups in total. The maximum atomic E-state index is 15.1. The Balaban J connectivity index is 1.70. The third-order valence-corrected chi connectivity index (χ3v) is 5.70. The van der Waals surface area contributed by atoms with Crippen LogP contribution in [0.15, 0.2) is 23.6 Å². The number of amides is 1. The van der Waals surface area contributed by atoms with Gasteiger partial charge >= 0.3 is 0 Å². The number of nitrogens with zero attached hydrogens (tertiary/aromatic N) is 5. The molecule has 2 aliphatic rings. The zero-order valence-corrected chi connectivity index (χ0v) is 15.2. The number of hydrogen-bond donors (Lipinski definition) is 1. The number of aromatic nitrogens is 3. The molecule has 2 aromatic heterocycles. The molecule has 0 radical (unpaired) electrons. The number of carbonyl (C=O) groups is 1. The van der Waals surface area contributed by atoms with E-state index >= 15 is 8.78 Å². The number of anilines is 1. The third-order valence-electron chi connectivity index (χ3n) is 5.70. The van der Waals surface area contributed by atoms with Gasteiger partial charge in [0.2, 0.25) is 5.91 Å². The van der Waals surface area contributed by atoms with Gasteiger partial charge in [-0.1, -0.05) is 0 Å². The number of carbonyl (C=O) groups excluding carboxylic acids is 1. The summed E-state index contributed by atoms with van der Waals surface area (Å²) in [6, 6.07) is 1.85. The Bertz CT molecular complexity index is 882. The first-order valence-electron chi connectivity index (χ1n) is 9.10. The van der Waals surface area contributed by atoms with Crippen LogP contribution in [0, 0.1) is 0 Å². The van der Waals surface area contributed by atoms with E-state index in [0.717, 1.165) is 5.39 Å². The maximum absolute atomic E-state index is 15.1. The van der Waals surface area contributed by atoms with Crippen molar-refractivity contribution in [3.8, 4) is 0 Å². The van der Waals surface area contributed by atoms with Crippen LogP contribution in [0.4, 0.5) is 14.6 Å². The van der Waals surface area contributed by atoms with E-state index in [1.807, 2.05) is 11.0 Å². The number of aliphatic imine (C=N–C) groups is 1. The predicted octanol–water partition coefficient (Wildman–Crippen LogP) is 2.26. The van der Waals surface area contributed by atoms with Crippen molar-refractivity contribution in [2.45, 2.75) is 37.1 Å². The van der Waals surface area contributed by atoms with E-state index < -0.39 is 11.5 Å². The zero-order chi connectivity index (χ0) is 19.1. The molecule has 0 aromatic carbocycles. The van der Waals surface area contributed by atoms with E-state index in [1.54, 1.807) is 13.2 Å². The van der Waals surface area contributed by atoms with E-state index in [1.165, 1.54) is 17.4 Å². The number of piperidine rings is 1. The second-order valence-corrected chi connectivity index (χ2v) is 7.14. The van der Waals surface area contributed by atoms with Crippen molar-refractivity contribution >= 4 is 29.0 Å². The van der Waals surface area contributed by atoms with Gasteiger partial charge < -0.3 is 19.8 Å². The van der Waals surface area contributed by atoms with E-state index in [-0.39, 0.29) is 38.3 Å². The zero-order valence-electron chi connectivity index (χ0n) is 15.2. The Labute approximate surface area is 155 Å². The Morgan fingerprint density at radius 2 is 2.22 bits per heavy atom. The van der Waals surface area contributed by atoms with Crippen molar-refractivity contribution in [3.05, 3.63) is 18.6 Å². The summed E-state index contributed by atoms with van der Waals surface area (Å²) in [6.45, 7) is 0.750. The van der Waals surface area contributed by atoms with Crippen molar-refractivity contribution in [2.24, 2.45) is 4.99 Å². The topological polar surface area (TPSA) is 77.5 Å². The molecule has 4 heterocycles. The molecule has 7 nitrogen and oxygen atoms in total. The highest BCUT2D eigenvalue weighted by atomic mass is 19.3. The standard InChI is InChI=1S/C18H22F2N6O/c1-21-7-4-14(27)26-10-6-18(19,20)17(26)5-2-9-25(11-17)16-13-3-8-22-15(13)23-12-24-16/h3,7-8,12H,2,4-6,9-11H2,1H3,(H,22,23,24). The molecule has 1 spiro atoms. The lowest BCUT2D eigenvalue weighted by atomic mass is 9.83. The Morgan fingerprint density at radius 3 is 3.04 bits per heavy atom. The normalized spacial score (nSPS) is 25.1. The van der Waals surface area contributed by atoms with Crippen LogP contribution in [0.3, 0.4) is 0 Å². The summed E-state index contributed by atoms with van der Waals surface area (Å²) in [5.41, 5.74) is -0.831. The molecule has 1 atom stereocenters. The monoisotopic (exact) mass is 376 g/mol. The van der Waals surface area contributed by atoms with Crippen LogP contribution in [-0.4, -0.2) is 70.1 Å². The Hall–Kier alpha value is -2.58. The largest absolute Gasteiger partial charge is 0.353 e. The summed E-state index contributed by atoms with van der Waals surface area (Å²) < 4.78 is 30.1. The van der Waals surface area contributed by atoms with Crippen LogP contribution in [0.25, 0.3) is 11.0 Å². The molecule has 2 aliphatic heterocycles. The molecule has 9 heteroatoms. The number of halogens is 2. The molecule has 2 aromatic rings. The van der Waals surface area contributed by atoms with Gasteiger partial charge in [-0.15, -0.1) is 0 Å². The van der Waals surface area contributed by atoms with E-state index in [4.69, 9.17) is 0 Å². The van der Waals surface area contributed by atoms with Crippen molar-refractivity contribution in [2.75, 3.05) is 31.6 Å². The smallest absolute Gasteiger partial charge is 0.274 e. The fraction of sp³-hybridized carbons (Fsp3) is 0.556. The molecule has 2 fully saturated rings. The summed E-state index contributed by atoms with van der Waals surface area (Å²) in [4.78, 5) is 31.2. The first-order chi connectivity index (χ1) is 13.0. The maximum Gasteiger partial charge on any atom is 0.274 e. The van der Waals surface area contributed by atoms with Gasteiger partial charge in [0.1, 0.15) is 23.3 Å². The summed E-state index contributed by atoms with van der Waals surface area (Å²) >= 11 is 0. The summed E-state index contributed by atoms with van der Waals surface area (Å²) in [5.74, 6) is -2.60. The average molecular weight is 376 g/mol. The lowest BCUT2D eigenvalue weighted by molar-refractivity contribution is -0.147. The van der Waals surface area contributed by atoms with Crippen molar-refractivity contribution in [3.63, 3.8) is 0 Å². The second kappa shape index (κ2) is 6.54. The van der Waals surface area contributed by atoms with E-state index in [0.29, 0.717) is 24.4 Å². The predicted molar refractivity (Wildman–Crippen MR) is 98.4 cm³/mol. The van der Waals surface area contributed by atoms with Gasteiger partial charge in [0.05, 0.1) is 11.8 Å². The molecule has 2 saturated heterocycles. The Kier molecular flexibility index (Phi) is 4.32. The molecule has 0 saturated carbocycles. The van der Waals surface area contributed by atoms with Crippen LogP contribution < -0.4 is 4.90 Å². The highest BCUT2D eigenvalue weighted by Gasteiger charge is 2.64.